The van der Waals surface area contributed by atoms with Crippen LogP contribution in [-0.2, 0) is 16.6 Å². The Labute approximate surface area is 185 Å². The molecule has 168 valence electrons. The number of hydrogen-bond donors (Lipinski definition) is 1. The summed E-state index contributed by atoms with van der Waals surface area (Å²) in [5.41, 5.74) is 1.77. The Hall–Kier alpha value is -2.26. The van der Waals surface area contributed by atoms with Gasteiger partial charge < -0.3 is 10.2 Å². The summed E-state index contributed by atoms with van der Waals surface area (Å²) >= 11 is 0. The molecular formula is C23H32N4O3S. The van der Waals surface area contributed by atoms with Gasteiger partial charge in [-0.05, 0) is 56.9 Å². The first kappa shape index (κ1) is 23.4. The molecule has 0 radical (unpaired) electrons. The van der Waals surface area contributed by atoms with Crippen molar-refractivity contribution in [2.45, 2.75) is 17.9 Å². The molecule has 0 saturated carbocycles. The van der Waals surface area contributed by atoms with Gasteiger partial charge in [0.15, 0.2) is 0 Å². The topological polar surface area (TPSA) is 73.0 Å². The lowest BCUT2D eigenvalue weighted by Gasteiger charge is -2.34. The summed E-state index contributed by atoms with van der Waals surface area (Å²) in [7, 11) is 0.604. The van der Waals surface area contributed by atoms with E-state index in [2.05, 4.69) is 15.1 Å². The summed E-state index contributed by atoms with van der Waals surface area (Å²) in [6.07, 6.45) is 0.919. The van der Waals surface area contributed by atoms with Crippen molar-refractivity contribution >= 4 is 15.9 Å². The van der Waals surface area contributed by atoms with Crippen molar-refractivity contribution in [3.63, 3.8) is 0 Å². The molecule has 1 aliphatic rings. The largest absolute Gasteiger partial charge is 0.352 e. The molecule has 0 unspecified atom stereocenters. The second-order valence-corrected chi connectivity index (χ2v) is 10.0. The summed E-state index contributed by atoms with van der Waals surface area (Å²) in [5, 5.41) is 2.95. The van der Waals surface area contributed by atoms with Crippen molar-refractivity contribution in [2.75, 3.05) is 53.4 Å². The fourth-order valence-electron chi connectivity index (χ4n) is 3.59. The molecular weight excluding hydrogens is 412 g/mol. The van der Waals surface area contributed by atoms with E-state index in [1.165, 1.54) is 0 Å². The number of benzene rings is 2. The average molecular weight is 445 g/mol. The maximum absolute atomic E-state index is 12.7. The maximum atomic E-state index is 12.7. The van der Waals surface area contributed by atoms with Crippen LogP contribution in [0.25, 0.3) is 0 Å². The highest BCUT2D eigenvalue weighted by Gasteiger charge is 2.28. The molecule has 0 aliphatic carbocycles. The van der Waals surface area contributed by atoms with E-state index in [1.54, 1.807) is 28.6 Å². The third-order valence-electron chi connectivity index (χ3n) is 5.40. The number of carbonyl (C=O) groups is 1. The Kier molecular flexibility index (Phi) is 8.20. The molecule has 1 heterocycles. The minimum atomic E-state index is -3.43. The van der Waals surface area contributed by atoms with Crippen molar-refractivity contribution in [3.8, 4) is 0 Å². The Morgan fingerprint density at radius 1 is 0.968 bits per heavy atom. The predicted octanol–water partition coefficient (Wildman–Crippen LogP) is 1.87. The van der Waals surface area contributed by atoms with E-state index in [-0.39, 0.29) is 5.91 Å². The molecule has 1 saturated heterocycles. The lowest BCUT2D eigenvalue weighted by atomic mass is 10.1. The van der Waals surface area contributed by atoms with Gasteiger partial charge in [-0.2, -0.15) is 4.31 Å². The summed E-state index contributed by atoms with van der Waals surface area (Å²) in [5.74, 6) is -0.0509. The number of hydrogen-bond acceptors (Lipinski definition) is 5. The number of carbonyl (C=O) groups excluding carboxylic acids is 1. The molecule has 1 aliphatic heterocycles. The van der Waals surface area contributed by atoms with E-state index in [1.807, 2.05) is 44.4 Å². The lowest BCUT2D eigenvalue weighted by Crippen LogP contribution is -2.48. The van der Waals surface area contributed by atoms with Gasteiger partial charge in [0.05, 0.1) is 4.90 Å². The van der Waals surface area contributed by atoms with E-state index < -0.39 is 10.0 Å². The van der Waals surface area contributed by atoms with Crippen molar-refractivity contribution in [1.82, 2.24) is 19.4 Å². The van der Waals surface area contributed by atoms with Crippen LogP contribution in [0.4, 0.5) is 0 Å². The molecule has 0 bridgehead atoms. The highest BCUT2D eigenvalue weighted by molar-refractivity contribution is 7.89. The van der Waals surface area contributed by atoms with Crippen molar-refractivity contribution < 1.29 is 13.2 Å². The number of rotatable bonds is 9. The van der Waals surface area contributed by atoms with Gasteiger partial charge in [0, 0.05) is 44.8 Å². The maximum Gasteiger partial charge on any atom is 0.251 e. The fourth-order valence-corrected chi connectivity index (χ4v) is 5.03. The number of nitrogens with zero attached hydrogens (tertiary/aromatic N) is 3. The van der Waals surface area contributed by atoms with Gasteiger partial charge in [-0.25, -0.2) is 8.42 Å². The smallest absolute Gasteiger partial charge is 0.251 e. The standard InChI is InChI=1S/C23H32N4O3S/c1-25(2)14-6-13-24-23(28)21-11-9-20(10-12-21)19-26-15-17-27(18-16-26)31(29,30)22-7-4-3-5-8-22/h3-5,7-12H,6,13-19H2,1-2H3,(H,24,28). The van der Waals surface area contributed by atoms with E-state index >= 15 is 0 Å². The molecule has 0 aromatic heterocycles. The van der Waals surface area contributed by atoms with E-state index in [4.69, 9.17) is 0 Å². The quantitative estimate of drug-likeness (QED) is 0.598. The average Bonchev–Trinajstić information content (AvgIpc) is 2.78. The van der Waals surface area contributed by atoms with Gasteiger partial charge in [-0.15, -0.1) is 0 Å². The molecule has 2 aromatic carbocycles. The summed E-state index contributed by atoms with van der Waals surface area (Å²) in [6.45, 7) is 4.66. The number of piperazine rings is 1. The Morgan fingerprint density at radius 2 is 1.61 bits per heavy atom. The van der Waals surface area contributed by atoms with Crippen LogP contribution >= 0.6 is 0 Å². The summed E-state index contributed by atoms with van der Waals surface area (Å²) in [4.78, 5) is 16.9. The van der Waals surface area contributed by atoms with E-state index in [0.717, 1.165) is 25.1 Å². The third kappa shape index (κ3) is 6.61. The SMILES string of the molecule is CN(C)CCCNC(=O)c1ccc(CN2CCN(S(=O)(=O)c3ccccc3)CC2)cc1. The van der Waals surface area contributed by atoms with Crippen molar-refractivity contribution in [1.29, 1.82) is 0 Å². The monoisotopic (exact) mass is 444 g/mol. The van der Waals surface area contributed by atoms with Crippen LogP contribution in [0.5, 0.6) is 0 Å². The highest BCUT2D eigenvalue weighted by atomic mass is 32.2. The predicted molar refractivity (Wildman–Crippen MR) is 122 cm³/mol. The van der Waals surface area contributed by atoms with Crippen LogP contribution in [0.1, 0.15) is 22.3 Å². The van der Waals surface area contributed by atoms with Crippen molar-refractivity contribution in [3.05, 3.63) is 65.7 Å². The van der Waals surface area contributed by atoms with Crippen LogP contribution in [0, 0.1) is 0 Å². The first-order valence-corrected chi connectivity index (χ1v) is 12.1. The minimum Gasteiger partial charge on any atom is -0.352 e. The highest BCUT2D eigenvalue weighted by Crippen LogP contribution is 2.18. The lowest BCUT2D eigenvalue weighted by molar-refractivity contribution is 0.0952. The molecule has 0 spiro atoms. The summed E-state index contributed by atoms with van der Waals surface area (Å²) in [6, 6.07) is 16.2. The number of amides is 1. The van der Waals surface area contributed by atoms with E-state index in [9.17, 15) is 13.2 Å². The Morgan fingerprint density at radius 3 is 2.23 bits per heavy atom. The Bertz CT molecular complexity index is 939. The van der Waals surface area contributed by atoms with Crippen LogP contribution in [0.2, 0.25) is 0 Å². The second-order valence-electron chi connectivity index (χ2n) is 8.10. The normalized spacial score (nSPS) is 15.8. The van der Waals surface area contributed by atoms with Crippen LogP contribution in [0.15, 0.2) is 59.5 Å². The molecule has 31 heavy (non-hydrogen) atoms. The molecule has 2 aromatic rings. The zero-order valence-corrected chi connectivity index (χ0v) is 19.1. The molecule has 1 amide bonds. The second kappa shape index (κ2) is 10.9. The fraction of sp³-hybridized carbons (Fsp3) is 0.435. The van der Waals surface area contributed by atoms with Gasteiger partial charge in [0.1, 0.15) is 0 Å². The zero-order chi connectivity index (χ0) is 22.3. The van der Waals surface area contributed by atoms with Gasteiger partial charge >= 0.3 is 0 Å². The first-order chi connectivity index (χ1) is 14.9. The molecule has 1 N–H and O–H groups in total. The third-order valence-corrected chi connectivity index (χ3v) is 7.32. The Balaban J connectivity index is 1.47. The molecule has 8 heteroatoms. The molecule has 7 nitrogen and oxygen atoms in total. The van der Waals surface area contributed by atoms with Crippen LogP contribution in [0.3, 0.4) is 0 Å². The number of sulfonamides is 1. The minimum absolute atomic E-state index is 0.0509. The van der Waals surface area contributed by atoms with Crippen molar-refractivity contribution in [2.24, 2.45) is 0 Å². The van der Waals surface area contributed by atoms with Gasteiger partial charge in [0.25, 0.3) is 5.91 Å². The van der Waals surface area contributed by atoms with Crippen LogP contribution < -0.4 is 5.32 Å². The molecule has 1 fully saturated rings. The van der Waals surface area contributed by atoms with Crippen LogP contribution in [-0.4, -0.2) is 81.8 Å². The molecule has 0 atom stereocenters. The molecule has 3 rings (SSSR count). The zero-order valence-electron chi connectivity index (χ0n) is 18.3. The van der Waals surface area contributed by atoms with Gasteiger partial charge in [-0.1, -0.05) is 30.3 Å². The first-order valence-electron chi connectivity index (χ1n) is 10.7. The number of nitrogens with one attached hydrogen (secondary N) is 1. The summed E-state index contributed by atoms with van der Waals surface area (Å²) < 4.78 is 27.1. The van der Waals surface area contributed by atoms with Gasteiger partial charge in [-0.3, -0.25) is 9.69 Å². The van der Waals surface area contributed by atoms with Gasteiger partial charge in [0.2, 0.25) is 10.0 Å². The van der Waals surface area contributed by atoms with E-state index in [0.29, 0.717) is 43.2 Å².